The minimum absolute atomic E-state index is 0.687. The normalized spacial score (nSPS) is 24.5. The van der Waals surface area contributed by atoms with Gasteiger partial charge in [0.25, 0.3) is 0 Å². The van der Waals surface area contributed by atoms with Crippen molar-refractivity contribution in [3.8, 4) is 0 Å². The molecule has 0 amide bonds. The third-order valence-electron chi connectivity index (χ3n) is 4.08. The van der Waals surface area contributed by atoms with Crippen molar-refractivity contribution >= 4 is 0 Å². The highest BCUT2D eigenvalue weighted by Crippen LogP contribution is 2.17. The van der Waals surface area contributed by atoms with Crippen molar-refractivity contribution in [1.82, 2.24) is 15.2 Å². The molecule has 1 aliphatic rings. The molecule has 3 heteroatoms. The van der Waals surface area contributed by atoms with Crippen LogP contribution in [0.15, 0.2) is 24.4 Å². The van der Waals surface area contributed by atoms with Gasteiger partial charge in [-0.25, -0.2) is 0 Å². The Morgan fingerprint density at radius 2 is 2.32 bits per heavy atom. The van der Waals surface area contributed by atoms with Gasteiger partial charge in [-0.05, 0) is 51.4 Å². The van der Waals surface area contributed by atoms with Crippen LogP contribution in [-0.4, -0.2) is 41.6 Å². The Kier molecular flexibility index (Phi) is 5.80. The summed E-state index contributed by atoms with van der Waals surface area (Å²) in [5.41, 5.74) is 1.21. The molecular weight excluding hydrogens is 234 g/mol. The highest BCUT2D eigenvalue weighted by Gasteiger charge is 2.24. The summed E-state index contributed by atoms with van der Waals surface area (Å²) in [5, 5.41) is 3.66. The minimum atomic E-state index is 0.687. The molecule has 1 aromatic heterocycles. The van der Waals surface area contributed by atoms with E-state index in [0.717, 1.165) is 25.6 Å². The summed E-state index contributed by atoms with van der Waals surface area (Å²) in [4.78, 5) is 7.01. The first kappa shape index (κ1) is 14.5. The molecule has 0 aliphatic carbocycles. The van der Waals surface area contributed by atoms with Gasteiger partial charge in [0.05, 0.1) is 0 Å². The first-order valence-corrected chi connectivity index (χ1v) is 7.67. The first-order valence-electron chi connectivity index (χ1n) is 7.67. The van der Waals surface area contributed by atoms with Crippen LogP contribution < -0.4 is 5.32 Å². The van der Waals surface area contributed by atoms with Crippen molar-refractivity contribution in [1.29, 1.82) is 0 Å². The molecule has 106 valence electrons. The van der Waals surface area contributed by atoms with E-state index >= 15 is 0 Å². The predicted octanol–water partition coefficient (Wildman–Crippen LogP) is 2.48. The van der Waals surface area contributed by atoms with Crippen LogP contribution >= 0.6 is 0 Å². The van der Waals surface area contributed by atoms with Crippen molar-refractivity contribution in [2.45, 2.75) is 51.6 Å². The summed E-state index contributed by atoms with van der Waals surface area (Å²) in [6.07, 6.45) is 6.75. The fraction of sp³-hybridized carbons (Fsp3) is 0.688. The molecular formula is C16H27N3. The molecule has 19 heavy (non-hydrogen) atoms. The van der Waals surface area contributed by atoms with Crippen molar-refractivity contribution < 1.29 is 0 Å². The average Bonchev–Trinajstić information content (AvgIpc) is 2.45. The van der Waals surface area contributed by atoms with E-state index in [0.29, 0.717) is 6.04 Å². The second-order valence-electron chi connectivity index (χ2n) is 5.63. The fourth-order valence-corrected chi connectivity index (χ4v) is 2.89. The summed E-state index contributed by atoms with van der Waals surface area (Å²) in [7, 11) is 0. The summed E-state index contributed by atoms with van der Waals surface area (Å²) >= 11 is 0. The maximum Gasteiger partial charge on any atom is 0.0416 e. The number of hydrogen-bond donors (Lipinski definition) is 1. The zero-order valence-electron chi connectivity index (χ0n) is 12.3. The summed E-state index contributed by atoms with van der Waals surface area (Å²) < 4.78 is 0. The molecule has 1 N–H and O–H groups in total. The van der Waals surface area contributed by atoms with Crippen LogP contribution in [0.25, 0.3) is 0 Å². The van der Waals surface area contributed by atoms with E-state index in [9.17, 15) is 0 Å². The van der Waals surface area contributed by atoms with E-state index in [1.54, 1.807) is 0 Å². The smallest absolute Gasteiger partial charge is 0.0416 e. The molecule has 0 saturated carbocycles. The van der Waals surface area contributed by atoms with Gasteiger partial charge in [0.1, 0.15) is 0 Å². The zero-order chi connectivity index (χ0) is 13.5. The molecule has 2 heterocycles. The van der Waals surface area contributed by atoms with Gasteiger partial charge in [-0.2, -0.15) is 0 Å². The van der Waals surface area contributed by atoms with Crippen molar-refractivity contribution in [3.05, 3.63) is 30.1 Å². The van der Waals surface area contributed by atoms with Gasteiger partial charge in [-0.15, -0.1) is 0 Å². The highest BCUT2D eigenvalue weighted by atomic mass is 15.2. The minimum Gasteiger partial charge on any atom is -0.314 e. The van der Waals surface area contributed by atoms with E-state index in [2.05, 4.69) is 41.2 Å². The number of pyridine rings is 1. The number of nitrogens with one attached hydrogen (secondary N) is 1. The third-order valence-corrected chi connectivity index (χ3v) is 4.08. The molecule has 0 spiro atoms. The Morgan fingerprint density at radius 1 is 1.42 bits per heavy atom. The average molecular weight is 261 g/mol. The number of nitrogens with zero attached hydrogens (tertiary/aromatic N) is 2. The number of piperidine rings is 1. The van der Waals surface area contributed by atoms with Crippen LogP contribution in [0.5, 0.6) is 0 Å². The van der Waals surface area contributed by atoms with Crippen LogP contribution in [0.1, 0.15) is 38.8 Å². The second-order valence-corrected chi connectivity index (χ2v) is 5.63. The number of hydrogen-bond acceptors (Lipinski definition) is 3. The van der Waals surface area contributed by atoms with E-state index in [1.165, 1.54) is 31.5 Å². The van der Waals surface area contributed by atoms with E-state index in [-0.39, 0.29) is 0 Å². The Hall–Kier alpha value is -0.930. The molecule has 2 rings (SSSR count). The van der Waals surface area contributed by atoms with Crippen molar-refractivity contribution in [2.75, 3.05) is 19.6 Å². The molecule has 2 atom stereocenters. The zero-order valence-corrected chi connectivity index (χ0v) is 12.3. The van der Waals surface area contributed by atoms with E-state index in [4.69, 9.17) is 0 Å². The lowest BCUT2D eigenvalue weighted by Gasteiger charge is -2.38. The van der Waals surface area contributed by atoms with Crippen LogP contribution in [0.2, 0.25) is 0 Å². The molecule has 1 aromatic rings. The van der Waals surface area contributed by atoms with Gasteiger partial charge in [0.15, 0.2) is 0 Å². The Labute approximate surface area is 117 Å². The fourth-order valence-electron chi connectivity index (χ4n) is 2.89. The lowest BCUT2D eigenvalue weighted by Crippen LogP contribution is -2.48. The Morgan fingerprint density at radius 3 is 3.00 bits per heavy atom. The Balaban J connectivity index is 1.74. The monoisotopic (exact) mass is 261 g/mol. The molecule has 0 bridgehead atoms. The maximum atomic E-state index is 4.40. The molecule has 2 unspecified atom stereocenters. The molecule has 1 saturated heterocycles. The molecule has 3 nitrogen and oxygen atoms in total. The van der Waals surface area contributed by atoms with Crippen LogP contribution in [0.3, 0.4) is 0 Å². The third kappa shape index (κ3) is 4.59. The lowest BCUT2D eigenvalue weighted by atomic mass is 9.98. The molecule has 1 fully saturated rings. The van der Waals surface area contributed by atoms with E-state index in [1.807, 2.05) is 12.3 Å². The standard InChI is InChI=1S/C16H27N3/c1-3-9-17-16-8-12-19(14(2)13-16)11-7-15-6-4-5-10-18-15/h4-6,10,14,16-17H,3,7-9,11-13H2,1-2H3. The molecule has 0 aromatic carbocycles. The largest absolute Gasteiger partial charge is 0.314 e. The second kappa shape index (κ2) is 7.61. The van der Waals surface area contributed by atoms with Crippen molar-refractivity contribution in [2.24, 2.45) is 0 Å². The lowest BCUT2D eigenvalue weighted by molar-refractivity contribution is 0.137. The highest BCUT2D eigenvalue weighted by molar-refractivity contribution is 5.04. The summed E-state index contributed by atoms with van der Waals surface area (Å²) in [6.45, 7) is 8.11. The maximum absolute atomic E-state index is 4.40. The number of likely N-dealkylation sites (tertiary alicyclic amines) is 1. The van der Waals surface area contributed by atoms with E-state index < -0.39 is 0 Å². The van der Waals surface area contributed by atoms with Crippen LogP contribution in [-0.2, 0) is 6.42 Å². The van der Waals surface area contributed by atoms with Gasteiger partial charge >= 0.3 is 0 Å². The van der Waals surface area contributed by atoms with Crippen molar-refractivity contribution in [3.63, 3.8) is 0 Å². The Bertz CT molecular complexity index is 352. The van der Waals surface area contributed by atoms with Gasteiger partial charge in [-0.1, -0.05) is 13.0 Å². The van der Waals surface area contributed by atoms with Gasteiger partial charge in [0.2, 0.25) is 0 Å². The summed E-state index contributed by atoms with van der Waals surface area (Å²) in [5.74, 6) is 0. The molecule has 1 aliphatic heterocycles. The van der Waals surface area contributed by atoms with Gasteiger partial charge in [0, 0.05) is 36.9 Å². The van der Waals surface area contributed by atoms with Crippen LogP contribution in [0.4, 0.5) is 0 Å². The number of aromatic nitrogens is 1. The quantitative estimate of drug-likeness (QED) is 0.852. The van der Waals surface area contributed by atoms with Gasteiger partial charge in [-0.3, -0.25) is 4.98 Å². The predicted molar refractivity (Wildman–Crippen MR) is 80.3 cm³/mol. The first-order chi connectivity index (χ1) is 9.29. The van der Waals surface area contributed by atoms with Gasteiger partial charge < -0.3 is 10.2 Å². The SMILES string of the molecule is CCCNC1CCN(CCc2ccccn2)C(C)C1. The number of rotatable bonds is 6. The molecule has 0 radical (unpaired) electrons. The topological polar surface area (TPSA) is 28.2 Å². The summed E-state index contributed by atoms with van der Waals surface area (Å²) in [6, 6.07) is 7.59. The van der Waals surface area contributed by atoms with Crippen LogP contribution in [0, 0.1) is 0 Å².